The van der Waals surface area contributed by atoms with Crippen LogP contribution in [0.2, 0.25) is 0 Å². The van der Waals surface area contributed by atoms with Crippen LogP contribution >= 0.6 is 0 Å². The Kier molecular flexibility index (Phi) is 5.03. The molecule has 5 nitrogen and oxygen atoms in total. The molecule has 1 amide bonds. The Morgan fingerprint density at radius 2 is 2.17 bits per heavy atom. The summed E-state index contributed by atoms with van der Waals surface area (Å²) in [6.45, 7) is 1.89. The lowest BCUT2D eigenvalue weighted by atomic mass is 10.2. The molecule has 0 bridgehead atoms. The van der Waals surface area contributed by atoms with Gasteiger partial charge in [-0.05, 0) is 6.92 Å². The number of carboxylic acid groups (broad SMARTS) is 1. The lowest BCUT2D eigenvalue weighted by molar-refractivity contribution is -0.136. The fraction of sp³-hybridized carbons (Fsp3) is 0.714. The minimum Gasteiger partial charge on any atom is -0.481 e. The number of carbonyl (C=O) groups is 2. The fourth-order valence-electron chi connectivity index (χ4n) is 0.673. The van der Waals surface area contributed by atoms with E-state index in [2.05, 4.69) is 5.32 Å². The molecule has 0 aliphatic heterocycles. The number of hydrogen-bond donors (Lipinski definition) is 3. The normalized spacial score (nSPS) is 12.2. The number of nitrogens with one attached hydrogen (secondary N) is 1. The molecule has 0 spiro atoms. The van der Waals surface area contributed by atoms with Crippen LogP contribution in [0.4, 0.5) is 0 Å². The molecule has 4 N–H and O–H groups in total. The summed E-state index contributed by atoms with van der Waals surface area (Å²) in [5.41, 5.74) is 5.35. The van der Waals surface area contributed by atoms with Crippen molar-refractivity contribution in [1.82, 2.24) is 5.32 Å². The van der Waals surface area contributed by atoms with Crippen molar-refractivity contribution in [3.05, 3.63) is 0 Å². The molecule has 0 aliphatic carbocycles. The predicted molar refractivity (Wildman–Crippen MR) is 43.5 cm³/mol. The van der Waals surface area contributed by atoms with Gasteiger partial charge in [-0.1, -0.05) is 0 Å². The van der Waals surface area contributed by atoms with Gasteiger partial charge in [0.2, 0.25) is 5.91 Å². The van der Waals surface area contributed by atoms with Crippen molar-refractivity contribution in [3.8, 4) is 0 Å². The minimum atomic E-state index is -0.920. The molecule has 0 radical (unpaired) electrons. The van der Waals surface area contributed by atoms with Gasteiger partial charge in [-0.25, -0.2) is 0 Å². The lowest BCUT2D eigenvalue weighted by Gasteiger charge is -2.05. The van der Waals surface area contributed by atoms with Crippen molar-refractivity contribution in [2.45, 2.75) is 25.8 Å². The molecule has 0 aromatic heterocycles. The SMILES string of the molecule is CC(N)CC(=O)NCCC(=O)O. The molecule has 70 valence electrons. The standard InChI is InChI=1S/C7H14N2O3/c1-5(8)4-6(10)9-3-2-7(11)12/h5H,2-4,8H2,1H3,(H,9,10)(H,11,12). The number of carbonyl (C=O) groups excluding carboxylic acids is 1. The van der Waals surface area contributed by atoms with E-state index in [1.54, 1.807) is 6.92 Å². The molecule has 0 aromatic carbocycles. The third kappa shape index (κ3) is 7.01. The smallest absolute Gasteiger partial charge is 0.305 e. The zero-order chi connectivity index (χ0) is 9.56. The molecule has 5 heteroatoms. The Hall–Kier alpha value is -1.10. The number of carboxylic acids is 1. The first-order valence-electron chi connectivity index (χ1n) is 3.76. The highest BCUT2D eigenvalue weighted by atomic mass is 16.4. The highest BCUT2D eigenvalue weighted by Crippen LogP contribution is 1.85. The van der Waals surface area contributed by atoms with Gasteiger partial charge in [0.25, 0.3) is 0 Å². The van der Waals surface area contributed by atoms with E-state index in [1.165, 1.54) is 0 Å². The summed E-state index contributed by atoms with van der Waals surface area (Å²) in [4.78, 5) is 20.9. The summed E-state index contributed by atoms with van der Waals surface area (Å²) < 4.78 is 0. The molecule has 1 atom stereocenters. The van der Waals surface area contributed by atoms with E-state index in [1.807, 2.05) is 0 Å². The maximum absolute atomic E-state index is 10.9. The van der Waals surface area contributed by atoms with Crippen LogP contribution in [0.25, 0.3) is 0 Å². The summed E-state index contributed by atoms with van der Waals surface area (Å²) in [5.74, 6) is -1.12. The van der Waals surface area contributed by atoms with Crippen LogP contribution in [-0.2, 0) is 9.59 Å². The van der Waals surface area contributed by atoms with Crippen LogP contribution in [0.1, 0.15) is 19.8 Å². The number of hydrogen-bond acceptors (Lipinski definition) is 3. The van der Waals surface area contributed by atoms with E-state index in [0.29, 0.717) is 0 Å². The monoisotopic (exact) mass is 174 g/mol. The molecule has 0 rings (SSSR count). The Morgan fingerprint density at radius 3 is 2.58 bits per heavy atom. The van der Waals surface area contributed by atoms with Gasteiger partial charge in [0.15, 0.2) is 0 Å². The van der Waals surface area contributed by atoms with Gasteiger partial charge in [0.05, 0.1) is 6.42 Å². The third-order valence-corrected chi connectivity index (χ3v) is 1.17. The van der Waals surface area contributed by atoms with E-state index < -0.39 is 5.97 Å². The summed E-state index contributed by atoms with van der Waals surface area (Å²) in [6, 6.07) is -0.185. The van der Waals surface area contributed by atoms with Crippen molar-refractivity contribution in [1.29, 1.82) is 0 Å². The average molecular weight is 174 g/mol. The summed E-state index contributed by atoms with van der Waals surface area (Å²) in [6.07, 6.45) is 0.185. The Bertz CT molecular complexity index is 168. The molecule has 0 saturated heterocycles. The van der Waals surface area contributed by atoms with E-state index in [-0.39, 0.29) is 31.3 Å². The number of nitrogens with two attached hydrogens (primary N) is 1. The van der Waals surface area contributed by atoms with Crippen LogP contribution in [0.5, 0.6) is 0 Å². The zero-order valence-electron chi connectivity index (χ0n) is 7.04. The van der Waals surface area contributed by atoms with Gasteiger partial charge >= 0.3 is 5.97 Å². The van der Waals surface area contributed by atoms with Crippen LogP contribution in [0, 0.1) is 0 Å². The first-order valence-corrected chi connectivity index (χ1v) is 3.76. The third-order valence-electron chi connectivity index (χ3n) is 1.17. The van der Waals surface area contributed by atoms with Crippen LogP contribution in [-0.4, -0.2) is 29.6 Å². The second kappa shape index (κ2) is 5.54. The van der Waals surface area contributed by atoms with E-state index >= 15 is 0 Å². The van der Waals surface area contributed by atoms with E-state index in [4.69, 9.17) is 10.8 Å². The zero-order valence-corrected chi connectivity index (χ0v) is 7.04. The molecule has 1 unspecified atom stereocenters. The van der Waals surface area contributed by atoms with Crippen molar-refractivity contribution < 1.29 is 14.7 Å². The van der Waals surface area contributed by atoms with E-state index in [0.717, 1.165) is 0 Å². The average Bonchev–Trinajstić information content (AvgIpc) is 1.84. The molecule has 0 saturated carbocycles. The van der Waals surface area contributed by atoms with Crippen molar-refractivity contribution in [3.63, 3.8) is 0 Å². The first kappa shape index (κ1) is 10.9. The van der Waals surface area contributed by atoms with E-state index in [9.17, 15) is 9.59 Å². The molecule has 0 fully saturated rings. The number of rotatable bonds is 5. The van der Waals surface area contributed by atoms with Gasteiger partial charge in [-0.3, -0.25) is 9.59 Å². The van der Waals surface area contributed by atoms with Gasteiger partial charge < -0.3 is 16.2 Å². The van der Waals surface area contributed by atoms with Crippen LogP contribution in [0.15, 0.2) is 0 Å². The van der Waals surface area contributed by atoms with Gasteiger partial charge in [-0.15, -0.1) is 0 Å². The van der Waals surface area contributed by atoms with Crippen molar-refractivity contribution in [2.24, 2.45) is 5.73 Å². The second-order valence-electron chi connectivity index (χ2n) is 2.68. The quantitative estimate of drug-likeness (QED) is 0.514. The summed E-state index contributed by atoms with van der Waals surface area (Å²) in [5, 5.41) is 10.7. The van der Waals surface area contributed by atoms with Crippen LogP contribution < -0.4 is 11.1 Å². The second-order valence-corrected chi connectivity index (χ2v) is 2.68. The molecule has 12 heavy (non-hydrogen) atoms. The Balaban J connectivity index is 3.38. The number of amides is 1. The molecule has 0 heterocycles. The molecular formula is C7H14N2O3. The number of aliphatic carboxylic acids is 1. The Labute approximate surface area is 70.9 Å². The van der Waals surface area contributed by atoms with Crippen molar-refractivity contribution in [2.75, 3.05) is 6.54 Å². The minimum absolute atomic E-state index is 0.0509. The first-order chi connectivity index (χ1) is 5.52. The molecule has 0 aromatic rings. The van der Waals surface area contributed by atoms with Gasteiger partial charge in [-0.2, -0.15) is 0 Å². The topological polar surface area (TPSA) is 92.4 Å². The maximum Gasteiger partial charge on any atom is 0.305 e. The lowest BCUT2D eigenvalue weighted by Crippen LogP contribution is -2.31. The summed E-state index contributed by atoms with van der Waals surface area (Å²) >= 11 is 0. The molecule has 0 aliphatic rings. The van der Waals surface area contributed by atoms with Crippen molar-refractivity contribution >= 4 is 11.9 Å². The fourth-order valence-corrected chi connectivity index (χ4v) is 0.673. The largest absolute Gasteiger partial charge is 0.481 e. The molecular weight excluding hydrogens is 160 g/mol. The summed E-state index contributed by atoms with van der Waals surface area (Å²) in [7, 11) is 0. The maximum atomic E-state index is 10.9. The Morgan fingerprint density at radius 1 is 1.58 bits per heavy atom. The highest BCUT2D eigenvalue weighted by Gasteiger charge is 2.04. The van der Waals surface area contributed by atoms with Crippen LogP contribution in [0.3, 0.4) is 0 Å². The van der Waals surface area contributed by atoms with Gasteiger partial charge in [0, 0.05) is 19.0 Å². The highest BCUT2D eigenvalue weighted by molar-refractivity contribution is 5.77. The predicted octanol–water partition coefficient (Wildman–Crippen LogP) is -0.685. The van der Waals surface area contributed by atoms with Gasteiger partial charge in [0.1, 0.15) is 0 Å².